The van der Waals surface area contributed by atoms with Gasteiger partial charge in [0, 0.05) is 6.54 Å². The minimum Gasteiger partial charge on any atom is -0.496 e. The van der Waals surface area contributed by atoms with Crippen LogP contribution in [0.4, 0.5) is 4.79 Å². The number of benzene rings is 1. The first-order chi connectivity index (χ1) is 7.06. The molecule has 0 fully saturated rings. The zero-order chi connectivity index (χ0) is 11.4. The summed E-state index contributed by atoms with van der Waals surface area (Å²) in [5.41, 5.74) is 3.32. The van der Waals surface area contributed by atoms with E-state index in [1.165, 1.54) is 0 Å². The largest absolute Gasteiger partial charge is 0.496 e. The summed E-state index contributed by atoms with van der Waals surface area (Å²) in [6, 6.07) is 3.85. The van der Waals surface area contributed by atoms with Crippen molar-refractivity contribution >= 4 is 17.9 Å². The van der Waals surface area contributed by atoms with Crippen molar-refractivity contribution in [3.63, 3.8) is 0 Å². The molecule has 0 unspecified atom stereocenters. The molecule has 4 heteroatoms. The molecule has 1 aromatic carbocycles. The highest BCUT2D eigenvalue weighted by molar-refractivity contribution is 7.96. The predicted molar refractivity (Wildman–Crippen MR) is 63.7 cm³/mol. The number of nitrogens with one attached hydrogen (secondary N) is 1. The molecule has 1 amide bonds. The van der Waals surface area contributed by atoms with Crippen LogP contribution in [0.5, 0.6) is 5.75 Å². The molecule has 0 spiro atoms. The first-order valence-electron chi connectivity index (χ1n) is 4.66. The zero-order valence-corrected chi connectivity index (χ0v) is 10.0. The summed E-state index contributed by atoms with van der Waals surface area (Å²) in [5, 5.41) is 2.34. The molecule has 0 heterocycles. The average Bonchev–Trinajstić information content (AvgIpc) is 2.20. The highest BCUT2D eigenvalue weighted by Crippen LogP contribution is 2.23. The van der Waals surface area contributed by atoms with E-state index in [0.29, 0.717) is 6.54 Å². The van der Waals surface area contributed by atoms with Gasteiger partial charge in [-0.15, -0.1) is 0 Å². The van der Waals surface area contributed by atoms with Crippen molar-refractivity contribution in [1.82, 2.24) is 5.32 Å². The molecule has 0 aliphatic carbocycles. The van der Waals surface area contributed by atoms with Gasteiger partial charge >= 0.3 is 0 Å². The molecule has 1 rings (SSSR count). The highest BCUT2D eigenvalue weighted by Gasteiger charge is 2.06. The first-order valence-corrected chi connectivity index (χ1v) is 5.11. The third-order valence-corrected chi connectivity index (χ3v) is 2.66. The van der Waals surface area contributed by atoms with Gasteiger partial charge in [0.1, 0.15) is 5.75 Å². The van der Waals surface area contributed by atoms with E-state index in [-0.39, 0.29) is 5.24 Å². The van der Waals surface area contributed by atoms with Gasteiger partial charge in [0.15, 0.2) is 0 Å². The second-order valence-corrected chi connectivity index (χ2v) is 3.74. The summed E-state index contributed by atoms with van der Waals surface area (Å²) in [6.45, 7) is 4.51. The second kappa shape index (κ2) is 5.07. The van der Waals surface area contributed by atoms with Crippen molar-refractivity contribution in [3.8, 4) is 5.75 Å². The third kappa shape index (κ3) is 2.89. The lowest BCUT2D eigenvalue weighted by molar-refractivity contribution is 0.260. The molecule has 0 aromatic heterocycles. The van der Waals surface area contributed by atoms with E-state index in [9.17, 15) is 4.79 Å². The minimum atomic E-state index is -0.317. The molecule has 0 bridgehead atoms. The number of carbonyl (C=O) groups is 1. The van der Waals surface area contributed by atoms with Crippen LogP contribution in [0.3, 0.4) is 0 Å². The van der Waals surface area contributed by atoms with Crippen LogP contribution in [0.2, 0.25) is 0 Å². The van der Waals surface area contributed by atoms with Crippen LogP contribution in [-0.2, 0) is 6.54 Å². The number of hydrogen-bond donors (Lipinski definition) is 2. The highest BCUT2D eigenvalue weighted by atomic mass is 32.1. The van der Waals surface area contributed by atoms with Gasteiger partial charge in [-0.3, -0.25) is 4.79 Å². The lowest BCUT2D eigenvalue weighted by Gasteiger charge is -2.12. The Morgan fingerprint density at radius 3 is 2.60 bits per heavy atom. The Labute approximate surface area is 95.2 Å². The molecular weight excluding hydrogens is 210 g/mol. The lowest BCUT2D eigenvalue weighted by atomic mass is 10.0. The van der Waals surface area contributed by atoms with E-state index < -0.39 is 0 Å². The van der Waals surface area contributed by atoms with Gasteiger partial charge in [0.25, 0.3) is 5.24 Å². The quantitative estimate of drug-likeness (QED) is 0.775. The van der Waals surface area contributed by atoms with Gasteiger partial charge < -0.3 is 10.1 Å². The molecule has 3 nitrogen and oxygen atoms in total. The number of thiol groups is 1. The van der Waals surface area contributed by atoms with Gasteiger partial charge in [-0.2, -0.15) is 0 Å². The van der Waals surface area contributed by atoms with Gasteiger partial charge in [-0.05, 0) is 36.6 Å². The standard InChI is InChI=1S/C11H15NO2S/c1-7-8(2)10(14-3)5-4-9(7)6-12-11(13)15/h4-5H,6H2,1-3H3,(H2,12,13,15). The van der Waals surface area contributed by atoms with E-state index >= 15 is 0 Å². The molecule has 82 valence electrons. The monoisotopic (exact) mass is 225 g/mol. The van der Waals surface area contributed by atoms with Crippen LogP contribution in [0.25, 0.3) is 0 Å². The zero-order valence-electron chi connectivity index (χ0n) is 9.13. The van der Waals surface area contributed by atoms with E-state index in [1.54, 1.807) is 7.11 Å². The summed E-state index contributed by atoms with van der Waals surface area (Å²) < 4.78 is 5.20. The second-order valence-electron chi connectivity index (χ2n) is 3.34. The van der Waals surface area contributed by atoms with Crippen molar-refractivity contribution in [1.29, 1.82) is 0 Å². The molecule has 0 saturated carbocycles. The van der Waals surface area contributed by atoms with Crippen molar-refractivity contribution in [3.05, 3.63) is 28.8 Å². The lowest BCUT2D eigenvalue weighted by Crippen LogP contribution is -2.16. The number of hydrogen-bond acceptors (Lipinski definition) is 2. The predicted octanol–water partition coefficient (Wildman–Crippen LogP) is 2.45. The maximum absolute atomic E-state index is 10.7. The number of rotatable bonds is 3. The molecule has 0 atom stereocenters. The van der Waals surface area contributed by atoms with E-state index in [1.807, 2.05) is 26.0 Å². The Hall–Kier alpha value is -1.16. The van der Waals surface area contributed by atoms with E-state index in [2.05, 4.69) is 17.9 Å². The van der Waals surface area contributed by atoms with Gasteiger partial charge in [0.05, 0.1) is 7.11 Å². The van der Waals surface area contributed by atoms with Crippen LogP contribution in [0.1, 0.15) is 16.7 Å². The average molecular weight is 225 g/mol. The third-order valence-electron chi connectivity index (χ3n) is 2.50. The molecule has 0 saturated heterocycles. The summed E-state index contributed by atoms with van der Waals surface area (Å²) >= 11 is 3.65. The molecule has 0 aliphatic rings. The van der Waals surface area contributed by atoms with Crippen LogP contribution >= 0.6 is 12.6 Å². The summed E-state index contributed by atoms with van der Waals surface area (Å²) in [5.74, 6) is 0.869. The molecule has 1 aromatic rings. The van der Waals surface area contributed by atoms with Crippen molar-refractivity contribution < 1.29 is 9.53 Å². The maximum Gasteiger partial charge on any atom is 0.276 e. The molecule has 0 aliphatic heterocycles. The normalized spacial score (nSPS) is 9.87. The topological polar surface area (TPSA) is 38.3 Å². The summed E-state index contributed by atoms with van der Waals surface area (Å²) in [7, 11) is 1.65. The Morgan fingerprint density at radius 2 is 2.07 bits per heavy atom. The van der Waals surface area contributed by atoms with Gasteiger partial charge in [-0.1, -0.05) is 18.7 Å². The molecule has 1 N–H and O–H groups in total. The van der Waals surface area contributed by atoms with Gasteiger partial charge in [0.2, 0.25) is 0 Å². The van der Waals surface area contributed by atoms with E-state index in [4.69, 9.17) is 4.74 Å². The fourth-order valence-electron chi connectivity index (χ4n) is 1.44. The first kappa shape index (κ1) is 11.9. The summed E-state index contributed by atoms with van der Waals surface area (Å²) in [6.07, 6.45) is 0. The smallest absolute Gasteiger partial charge is 0.276 e. The van der Waals surface area contributed by atoms with Crippen molar-refractivity contribution in [2.75, 3.05) is 7.11 Å². The Morgan fingerprint density at radius 1 is 1.40 bits per heavy atom. The fraction of sp³-hybridized carbons (Fsp3) is 0.364. The van der Waals surface area contributed by atoms with Crippen LogP contribution < -0.4 is 10.1 Å². The molecular formula is C11H15NO2S. The maximum atomic E-state index is 10.7. The van der Waals surface area contributed by atoms with Crippen molar-refractivity contribution in [2.45, 2.75) is 20.4 Å². The minimum absolute atomic E-state index is 0.317. The molecule has 15 heavy (non-hydrogen) atoms. The number of carbonyl (C=O) groups excluding carboxylic acids is 1. The van der Waals surface area contributed by atoms with Crippen molar-refractivity contribution in [2.24, 2.45) is 0 Å². The fourth-order valence-corrected chi connectivity index (χ4v) is 1.51. The SMILES string of the molecule is COc1ccc(CNC(=O)S)c(C)c1C. The van der Waals surface area contributed by atoms with Crippen LogP contribution in [-0.4, -0.2) is 12.3 Å². The molecule has 0 radical (unpaired) electrons. The summed E-state index contributed by atoms with van der Waals surface area (Å²) in [4.78, 5) is 10.7. The number of ether oxygens (including phenoxy) is 1. The Kier molecular flexibility index (Phi) is 4.03. The van der Waals surface area contributed by atoms with Gasteiger partial charge in [-0.25, -0.2) is 0 Å². The Bertz CT molecular complexity index is 377. The van der Waals surface area contributed by atoms with Crippen LogP contribution in [0, 0.1) is 13.8 Å². The number of amides is 1. The van der Waals surface area contributed by atoms with E-state index in [0.717, 1.165) is 22.4 Å². The number of methoxy groups -OCH3 is 1. The van der Waals surface area contributed by atoms with Crippen LogP contribution in [0.15, 0.2) is 12.1 Å². The Balaban J connectivity index is 2.91.